The van der Waals surface area contributed by atoms with Gasteiger partial charge in [-0.2, -0.15) is 0 Å². The molecule has 0 atom stereocenters. The van der Waals surface area contributed by atoms with Gasteiger partial charge in [0.15, 0.2) is 15.0 Å². The minimum Gasteiger partial charge on any atom is -0.478 e. The second-order valence-corrected chi connectivity index (χ2v) is 6.56. The third-order valence-corrected chi connectivity index (χ3v) is 3.22. The van der Waals surface area contributed by atoms with E-state index in [1.807, 2.05) is 0 Å². The standard InChI is InChI=1S/C9H10N2O5S2/c1-18(15,16)5-7(12)11-9-10-4-6(17-9)2-3-8(13)14/h2-4H,5H2,1H3,(H,13,14)(H,10,11,12). The van der Waals surface area contributed by atoms with E-state index in [-0.39, 0.29) is 5.13 Å². The van der Waals surface area contributed by atoms with E-state index in [2.05, 4.69) is 10.3 Å². The van der Waals surface area contributed by atoms with Crippen molar-refractivity contribution in [2.45, 2.75) is 0 Å². The van der Waals surface area contributed by atoms with Gasteiger partial charge in [-0.05, 0) is 6.08 Å². The first-order chi connectivity index (χ1) is 8.26. The number of carbonyl (C=O) groups excluding carboxylic acids is 1. The number of carbonyl (C=O) groups is 2. The number of carboxylic acids is 1. The lowest BCUT2D eigenvalue weighted by atomic mass is 10.4. The summed E-state index contributed by atoms with van der Waals surface area (Å²) in [6.45, 7) is 0. The van der Waals surface area contributed by atoms with Gasteiger partial charge in [0.05, 0.1) is 0 Å². The van der Waals surface area contributed by atoms with Crippen molar-refractivity contribution in [3.63, 3.8) is 0 Å². The average Bonchev–Trinajstić information content (AvgIpc) is 2.59. The van der Waals surface area contributed by atoms with Gasteiger partial charge in [0.1, 0.15) is 5.75 Å². The summed E-state index contributed by atoms with van der Waals surface area (Å²) in [7, 11) is -3.39. The van der Waals surface area contributed by atoms with Crippen LogP contribution >= 0.6 is 11.3 Å². The summed E-state index contributed by atoms with van der Waals surface area (Å²) in [6.07, 6.45) is 4.59. The molecule has 0 aliphatic heterocycles. The largest absolute Gasteiger partial charge is 0.478 e. The molecule has 0 radical (unpaired) electrons. The molecule has 0 saturated carbocycles. The Morgan fingerprint density at radius 1 is 1.56 bits per heavy atom. The maximum Gasteiger partial charge on any atom is 0.328 e. The quantitative estimate of drug-likeness (QED) is 0.750. The van der Waals surface area contributed by atoms with Gasteiger partial charge < -0.3 is 10.4 Å². The van der Waals surface area contributed by atoms with E-state index in [0.717, 1.165) is 23.7 Å². The van der Waals surface area contributed by atoms with Crippen molar-refractivity contribution in [3.8, 4) is 0 Å². The Morgan fingerprint density at radius 3 is 2.78 bits per heavy atom. The number of nitrogens with zero attached hydrogens (tertiary/aromatic N) is 1. The van der Waals surface area contributed by atoms with Crippen LogP contribution in [0.5, 0.6) is 0 Å². The molecule has 98 valence electrons. The Hall–Kier alpha value is -1.74. The van der Waals surface area contributed by atoms with Crippen molar-refractivity contribution in [1.82, 2.24) is 4.98 Å². The van der Waals surface area contributed by atoms with Gasteiger partial charge in [-0.25, -0.2) is 18.2 Å². The predicted octanol–water partition coefficient (Wildman–Crippen LogP) is 0.224. The molecule has 1 heterocycles. The van der Waals surface area contributed by atoms with Crippen LogP contribution in [0.4, 0.5) is 5.13 Å². The Bertz CT molecular complexity index is 588. The van der Waals surface area contributed by atoms with Crippen LogP contribution in [0.15, 0.2) is 12.3 Å². The molecular weight excluding hydrogens is 280 g/mol. The van der Waals surface area contributed by atoms with Crippen molar-refractivity contribution in [2.75, 3.05) is 17.3 Å². The summed E-state index contributed by atoms with van der Waals surface area (Å²) in [5.74, 6) is -2.39. The molecule has 1 aromatic rings. The molecule has 2 N–H and O–H groups in total. The molecule has 0 unspecified atom stereocenters. The molecule has 0 spiro atoms. The lowest BCUT2D eigenvalue weighted by Gasteiger charge is -1.98. The summed E-state index contributed by atoms with van der Waals surface area (Å²) < 4.78 is 21.7. The van der Waals surface area contributed by atoms with Gasteiger partial charge >= 0.3 is 5.97 Å². The first-order valence-electron chi connectivity index (χ1n) is 4.61. The molecule has 0 aliphatic carbocycles. The number of hydrogen-bond donors (Lipinski definition) is 2. The number of thiazole rings is 1. The van der Waals surface area contributed by atoms with Crippen LogP contribution in [0.25, 0.3) is 6.08 Å². The van der Waals surface area contributed by atoms with Gasteiger partial charge in [-0.1, -0.05) is 11.3 Å². The molecule has 0 aliphatic rings. The van der Waals surface area contributed by atoms with Gasteiger partial charge in [0.25, 0.3) is 0 Å². The normalized spacial score (nSPS) is 11.6. The summed E-state index contributed by atoms with van der Waals surface area (Å²) in [5, 5.41) is 10.9. The Morgan fingerprint density at radius 2 is 2.22 bits per heavy atom. The van der Waals surface area contributed by atoms with Crippen molar-refractivity contribution >= 4 is 44.3 Å². The third-order valence-electron chi connectivity index (χ3n) is 1.55. The monoisotopic (exact) mass is 290 g/mol. The number of sulfone groups is 1. The second kappa shape index (κ2) is 5.74. The summed E-state index contributed by atoms with van der Waals surface area (Å²) >= 11 is 1.04. The Balaban J connectivity index is 2.64. The van der Waals surface area contributed by atoms with E-state index < -0.39 is 27.5 Å². The van der Waals surface area contributed by atoms with Gasteiger partial charge in [0.2, 0.25) is 5.91 Å². The van der Waals surface area contributed by atoms with E-state index in [4.69, 9.17) is 5.11 Å². The van der Waals surface area contributed by atoms with Gasteiger partial charge in [-0.15, -0.1) is 0 Å². The van der Waals surface area contributed by atoms with E-state index in [0.29, 0.717) is 4.88 Å². The molecule has 0 fully saturated rings. The first-order valence-corrected chi connectivity index (χ1v) is 7.48. The maximum atomic E-state index is 11.3. The molecular formula is C9H10N2O5S2. The zero-order chi connectivity index (χ0) is 13.8. The van der Waals surface area contributed by atoms with Crippen LogP contribution in [-0.4, -0.2) is 42.4 Å². The van der Waals surface area contributed by atoms with Crippen LogP contribution in [0.1, 0.15) is 4.88 Å². The van der Waals surface area contributed by atoms with Crippen LogP contribution < -0.4 is 5.32 Å². The summed E-state index contributed by atoms with van der Waals surface area (Å²) in [5.41, 5.74) is 0. The van der Waals surface area contributed by atoms with Crippen LogP contribution in [0.2, 0.25) is 0 Å². The number of aromatic nitrogens is 1. The molecule has 1 aromatic heterocycles. The summed E-state index contributed by atoms with van der Waals surface area (Å²) in [6, 6.07) is 0. The highest BCUT2D eigenvalue weighted by molar-refractivity contribution is 7.91. The molecule has 1 rings (SSSR count). The Labute approximate surface area is 107 Å². The number of carboxylic acid groups (broad SMARTS) is 1. The number of nitrogens with one attached hydrogen (secondary N) is 1. The summed E-state index contributed by atoms with van der Waals surface area (Å²) in [4.78, 5) is 25.9. The highest BCUT2D eigenvalue weighted by Crippen LogP contribution is 2.19. The second-order valence-electron chi connectivity index (χ2n) is 3.36. The fraction of sp³-hybridized carbons (Fsp3) is 0.222. The van der Waals surface area contributed by atoms with Crippen molar-refractivity contribution in [1.29, 1.82) is 0 Å². The van der Waals surface area contributed by atoms with Gasteiger partial charge in [-0.3, -0.25) is 4.79 Å². The first kappa shape index (κ1) is 14.3. The SMILES string of the molecule is CS(=O)(=O)CC(=O)Nc1ncc(C=CC(=O)O)s1. The molecule has 1 amide bonds. The lowest BCUT2D eigenvalue weighted by Crippen LogP contribution is -2.21. The number of rotatable bonds is 5. The predicted molar refractivity (Wildman–Crippen MR) is 67.1 cm³/mol. The van der Waals surface area contributed by atoms with Crippen LogP contribution in [0.3, 0.4) is 0 Å². The van der Waals surface area contributed by atoms with E-state index in [1.54, 1.807) is 0 Å². The third kappa shape index (κ3) is 5.55. The fourth-order valence-electron chi connectivity index (χ4n) is 0.968. The fourth-order valence-corrected chi connectivity index (χ4v) is 2.25. The van der Waals surface area contributed by atoms with Crippen molar-refractivity contribution < 1.29 is 23.1 Å². The van der Waals surface area contributed by atoms with Crippen molar-refractivity contribution in [3.05, 3.63) is 17.2 Å². The molecule has 0 aromatic carbocycles. The minimum atomic E-state index is -3.39. The molecule has 9 heteroatoms. The molecule has 7 nitrogen and oxygen atoms in total. The average molecular weight is 290 g/mol. The van der Waals surface area contributed by atoms with E-state index in [1.165, 1.54) is 12.3 Å². The van der Waals surface area contributed by atoms with E-state index >= 15 is 0 Å². The van der Waals surface area contributed by atoms with Crippen LogP contribution in [-0.2, 0) is 19.4 Å². The number of hydrogen-bond acceptors (Lipinski definition) is 6. The topological polar surface area (TPSA) is 113 Å². The zero-order valence-electron chi connectivity index (χ0n) is 9.28. The van der Waals surface area contributed by atoms with E-state index in [9.17, 15) is 18.0 Å². The highest BCUT2D eigenvalue weighted by atomic mass is 32.2. The molecule has 18 heavy (non-hydrogen) atoms. The zero-order valence-corrected chi connectivity index (χ0v) is 10.9. The number of amides is 1. The Kier molecular flexibility index (Phi) is 4.56. The number of aliphatic carboxylic acids is 1. The molecule has 0 bridgehead atoms. The number of anilines is 1. The maximum absolute atomic E-state index is 11.3. The lowest BCUT2D eigenvalue weighted by molar-refractivity contribution is -0.131. The van der Waals surface area contributed by atoms with Crippen LogP contribution in [0, 0.1) is 0 Å². The minimum absolute atomic E-state index is 0.216. The molecule has 0 saturated heterocycles. The van der Waals surface area contributed by atoms with Gasteiger partial charge in [0, 0.05) is 23.4 Å². The van der Waals surface area contributed by atoms with Crippen molar-refractivity contribution in [2.24, 2.45) is 0 Å². The highest BCUT2D eigenvalue weighted by Gasteiger charge is 2.12. The smallest absolute Gasteiger partial charge is 0.328 e.